The molecule has 0 amide bonds. The van der Waals surface area contributed by atoms with Crippen LogP contribution in [0.15, 0.2) is 30.3 Å². The van der Waals surface area contributed by atoms with E-state index in [9.17, 15) is 35.5 Å². The van der Waals surface area contributed by atoms with Gasteiger partial charge < -0.3 is 9.47 Å². The Bertz CT molecular complexity index is 859. The summed E-state index contributed by atoms with van der Waals surface area (Å²) < 4.78 is 103. The minimum Gasteiger partial charge on any atom is -0.492 e. The molecule has 0 saturated heterocycles. The number of methoxy groups -OCH3 is 1. The molecule has 0 heterocycles. The Labute approximate surface area is 148 Å². The highest BCUT2D eigenvalue weighted by Gasteiger charge is 2.74. The molecule has 3 nitrogen and oxygen atoms in total. The minimum absolute atomic E-state index is 0.0784. The van der Waals surface area contributed by atoms with E-state index in [2.05, 4.69) is 4.74 Å². The van der Waals surface area contributed by atoms with Gasteiger partial charge >= 0.3 is 24.0 Å². The second-order valence-corrected chi connectivity index (χ2v) is 5.42. The Morgan fingerprint density at radius 1 is 1.04 bits per heavy atom. The highest BCUT2D eigenvalue weighted by atomic mass is 19.4. The average Bonchev–Trinajstić information content (AvgIpc) is 2.59. The smallest absolute Gasteiger partial charge is 0.460 e. The summed E-state index contributed by atoms with van der Waals surface area (Å²) >= 11 is 0. The largest absolute Gasteiger partial charge is 0.492 e. The first-order valence-electron chi connectivity index (χ1n) is 7.49. The predicted molar refractivity (Wildman–Crippen MR) is 81.4 cm³/mol. The quantitative estimate of drug-likeness (QED) is 0.506. The molecule has 0 radical (unpaired) electrons. The van der Waals surface area contributed by atoms with Crippen LogP contribution >= 0.6 is 0 Å². The van der Waals surface area contributed by atoms with E-state index >= 15 is 0 Å². The van der Waals surface area contributed by atoms with Crippen molar-refractivity contribution < 1.29 is 45.0 Å². The molecule has 0 bridgehead atoms. The Balaban J connectivity index is 2.96. The number of ether oxygens (including phenoxy) is 2. The van der Waals surface area contributed by atoms with Crippen molar-refractivity contribution in [1.29, 1.82) is 0 Å². The van der Waals surface area contributed by atoms with Crippen LogP contribution in [0.4, 0.5) is 30.7 Å². The van der Waals surface area contributed by atoms with Crippen LogP contribution in [0, 0.1) is 0 Å². The van der Waals surface area contributed by atoms with Crippen molar-refractivity contribution in [2.24, 2.45) is 0 Å². The zero-order chi connectivity index (χ0) is 20.6. The van der Waals surface area contributed by atoms with Gasteiger partial charge in [0, 0.05) is 10.9 Å². The first-order valence-corrected chi connectivity index (χ1v) is 7.49. The van der Waals surface area contributed by atoms with Crippen molar-refractivity contribution in [2.75, 3.05) is 13.7 Å². The summed E-state index contributed by atoms with van der Waals surface area (Å²) in [6.07, 6.45) is -6.55. The SMILES string of the molecule is CCOc1c(C(=O)OC)c(C(F)(F)C(F)(F)C(F)(F)F)cc2ccccc12. The van der Waals surface area contributed by atoms with Crippen LogP contribution in [0.25, 0.3) is 10.8 Å². The van der Waals surface area contributed by atoms with Gasteiger partial charge in [-0.15, -0.1) is 0 Å². The number of fused-ring (bicyclic) bond motifs is 1. The maximum Gasteiger partial charge on any atom is 0.460 e. The van der Waals surface area contributed by atoms with Gasteiger partial charge in [0.2, 0.25) is 0 Å². The Morgan fingerprint density at radius 3 is 2.15 bits per heavy atom. The second kappa shape index (κ2) is 6.90. The Kier molecular flexibility index (Phi) is 5.31. The fourth-order valence-electron chi connectivity index (χ4n) is 2.51. The van der Waals surface area contributed by atoms with Crippen molar-refractivity contribution in [3.63, 3.8) is 0 Å². The minimum atomic E-state index is -6.55. The fraction of sp³-hybridized carbons (Fsp3) is 0.353. The van der Waals surface area contributed by atoms with Crippen molar-refractivity contribution in [1.82, 2.24) is 0 Å². The van der Waals surface area contributed by atoms with Gasteiger partial charge in [-0.1, -0.05) is 24.3 Å². The van der Waals surface area contributed by atoms with Crippen molar-refractivity contribution in [3.8, 4) is 5.75 Å². The summed E-state index contributed by atoms with van der Waals surface area (Å²) in [6.45, 7) is 1.25. The molecule has 0 fully saturated rings. The number of carbonyl (C=O) groups is 1. The summed E-state index contributed by atoms with van der Waals surface area (Å²) in [7, 11) is 0.775. The van der Waals surface area contributed by atoms with Gasteiger partial charge in [0.05, 0.1) is 13.7 Å². The average molecular weight is 398 g/mol. The van der Waals surface area contributed by atoms with Gasteiger partial charge in [-0.05, 0) is 18.4 Å². The van der Waals surface area contributed by atoms with Crippen molar-refractivity contribution in [2.45, 2.75) is 24.9 Å². The molecule has 0 spiro atoms. The lowest BCUT2D eigenvalue weighted by Crippen LogP contribution is -2.50. The number of esters is 1. The van der Waals surface area contributed by atoms with Gasteiger partial charge in [0.25, 0.3) is 0 Å². The molecule has 2 aromatic carbocycles. The van der Waals surface area contributed by atoms with E-state index in [1.165, 1.54) is 31.2 Å². The molecule has 0 atom stereocenters. The van der Waals surface area contributed by atoms with Gasteiger partial charge in [0.15, 0.2) is 0 Å². The molecule has 0 aromatic heterocycles. The first kappa shape index (κ1) is 20.8. The molecular formula is C17H13F7O3. The van der Waals surface area contributed by atoms with Gasteiger partial charge in [-0.2, -0.15) is 30.7 Å². The summed E-state index contributed by atoms with van der Waals surface area (Å²) in [4.78, 5) is 12.0. The molecule has 148 valence electrons. The summed E-state index contributed by atoms with van der Waals surface area (Å²) in [5.74, 6) is -14.3. The summed E-state index contributed by atoms with van der Waals surface area (Å²) in [5.41, 5.74) is -3.02. The molecule has 0 aliphatic rings. The number of hydrogen-bond donors (Lipinski definition) is 0. The predicted octanol–water partition coefficient (Wildman–Crippen LogP) is 5.31. The van der Waals surface area contributed by atoms with E-state index < -0.39 is 40.9 Å². The lowest BCUT2D eigenvalue weighted by Gasteiger charge is -2.30. The standard InChI is InChI=1S/C17H13F7O3/c1-3-27-13-10-7-5-4-6-9(10)8-11(12(13)14(25)26-2)15(18,19)16(20,21)17(22,23)24/h4-8H,3H2,1-2H3. The molecule has 0 unspecified atom stereocenters. The molecular weight excluding hydrogens is 385 g/mol. The molecule has 2 rings (SSSR count). The van der Waals surface area contributed by atoms with E-state index in [-0.39, 0.29) is 17.4 Å². The van der Waals surface area contributed by atoms with Crippen LogP contribution in [0.5, 0.6) is 5.75 Å². The highest BCUT2D eigenvalue weighted by Crippen LogP contribution is 2.54. The van der Waals surface area contributed by atoms with E-state index in [0.717, 1.165) is 7.11 Å². The normalized spacial score (nSPS) is 12.9. The van der Waals surface area contributed by atoms with Crippen LogP contribution in [-0.4, -0.2) is 31.8 Å². The second-order valence-electron chi connectivity index (χ2n) is 5.42. The number of hydrogen-bond acceptors (Lipinski definition) is 3. The highest BCUT2D eigenvalue weighted by molar-refractivity contribution is 6.03. The molecule has 0 saturated carbocycles. The van der Waals surface area contributed by atoms with Gasteiger partial charge in [-0.3, -0.25) is 0 Å². The zero-order valence-corrected chi connectivity index (χ0v) is 14.0. The number of alkyl halides is 7. The number of rotatable bonds is 5. The van der Waals surface area contributed by atoms with E-state index in [1.807, 2.05) is 0 Å². The Hall–Kier alpha value is -2.52. The summed E-state index contributed by atoms with van der Waals surface area (Å²) in [6, 6.07) is 5.78. The van der Waals surface area contributed by atoms with Crippen LogP contribution < -0.4 is 4.74 Å². The molecule has 0 aliphatic heterocycles. The monoisotopic (exact) mass is 398 g/mol. The maximum absolute atomic E-state index is 14.4. The van der Waals surface area contributed by atoms with Gasteiger partial charge in [0.1, 0.15) is 11.3 Å². The number of halogens is 7. The third kappa shape index (κ3) is 3.28. The fourth-order valence-corrected chi connectivity index (χ4v) is 2.51. The molecule has 27 heavy (non-hydrogen) atoms. The van der Waals surface area contributed by atoms with Crippen LogP contribution in [-0.2, 0) is 10.7 Å². The van der Waals surface area contributed by atoms with E-state index in [0.29, 0.717) is 6.07 Å². The topological polar surface area (TPSA) is 35.5 Å². The lowest BCUT2D eigenvalue weighted by atomic mass is 9.92. The zero-order valence-electron chi connectivity index (χ0n) is 14.0. The number of benzene rings is 2. The van der Waals surface area contributed by atoms with Crippen molar-refractivity contribution >= 4 is 16.7 Å². The third-order valence-corrected chi connectivity index (χ3v) is 3.77. The van der Waals surface area contributed by atoms with Gasteiger partial charge in [-0.25, -0.2) is 4.79 Å². The van der Waals surface area contributed by atoms with Crippen LogP contribution in [0.2, 0.25) is 0 Å². The van der Waals surface area contributed by atoms with Crippen molar-refractivity contribution in [3.05, 3.63) is 41.5 Å². The first-order chi connectivity index (χ1) is 12.4. The number of carbonyl (C=O) groups excluding carboxylic acids is 1. The van der Waals surface area contributed by atoms with Crippen LogP contribution in [0.3, 0.4) is 0 Å². The molecule has 0 aliphatic carbocycles. The van der Waals surface area contributed by atoms with E-state index in [1.54, 1.807) is 0 Å². The third-order valence-electron chi connectivity index (χ3n) is 3.77. The van der Waals surface area contributed by atoms with E-state index in [4.69, 9.17) is 4.74 Å². The molecule has 10 heteroatoms. The Morgan fingerprint density at radius 2 is 1.63 bits per heavy atom. The lowest BCUT2D eigenvalue weighted by molar-refractivity contribution is -0.359. The summed E-state index contributed by atoms with van der Waals surface area (Å²) in [5, 5.41) is -0.0316. The maximum atomic E-state index is 14.4. The molecule has 0 N–H and O–H groups in total. The molecule has 2 aromatic rings. The van der Waals surface area contributed by atoms with Crippen LogP contribution in [0.1, 0.15) is 22.8 Å².